The maximum absolute atomic E-state index is 13.1. The van der Waals surface area contributed by atoms with Gasteiger partial charge in [0.1, 0.15) is 11.6 Å². The Balaban J connectivity index is 1.83. The second-order valence-electron chi connectivity index (χ2n) is 8.46. The fourth-order valence-electron chi connectivity index (χ4n) is 3.27. The molecule has 0 saturated heterocycles. The number of rotatable bonds is 10. The summed E-state index contributed by atoms with van der Waals surface area (Å²) < 4.78 is 25.1. The standard InChI is InChI=1S/C21H31N5O3S2/c1-13-7-17(13)11-23-19-9-16(10-20(25-19)26(3)31(4,28)29)21(27)24-18(14(2)22)8-15-5-6-30-12-15/h5-6,9-10,12-14,17-18H,7-8,11,22H2,1-4H3,(H,23,25)(H,24,27)/t13-,14-,17+,18-/m0/s1. The van der Waals surface area contributed by atoms with Gasteiger partial charge in [-0.05, 0) is 66.1 Å². The zero-order valence-corrected chi connectivity index (χ0v) is 20.0. The molecular formula is C21H31N5O3S2. The van der Waals surface area contributed by atoms with E-state index in [1.807, 2.05) is 23.8 Å². The number of amides is 1. The van der Waals surface area contributed by atoms with E-state index in [9.17, 15) is 13.2 Å². The van der Waals surface area contributed by atoms with Crippen LogP contribution in [0, 0.1) is 11.8 Å². The molecule has 2 aromatic heterocycles. The third-order valence-electron chi connectivity index (χ3n) is 5.70. The molecule has 0 bridgehead atoms. The smallest absolute Gasteiger partial charge is 0.251 e. The van der Waals surface area contributed by atoms with Crippen molar-refractivity contribution in [2.75, 3.05) is 29.5 Å². The first kappa shape index (κ1) is 23.5. The minimum Gasteiger partial charge on any atom is -0.370 e. The summed E-state index contributed by atoms with van der Waals surface area (Å²) in [7, 11) is -2.10. The molecule has 10 heteroatoms. The average Bonchev–Trinajstić information content (AvgIpc) is 3.17. The normalized spacial score (nSPS) is 20.0. The molecule has 1 aliphatic carbocycles. The molecular weight excluding hydrogens is 434 g/mol. The van der Waals surface area contributed by atoms with E-state index < -0.39 is 10.0 Å². The van der Waals surface area contributed by atoms with Crippen molar-refractivity contribution in [3.05, 3.63) is 40.1 Å². The molecule has 8 nitrogen and oxygen atoms in total. The minimum absolute atomic E-state index is 0.191. The second-order valence-corrected chi connectivity index (χ2v) is 11.3. The van der Waals surface area contributed by atoms with Crippen molar-refractivity contribution in [2.45, 2.75) is 38.8 Å². The van der Waals surface area contributed by atoms with Gasteiger partial charge in [0.15, 0.2) is 0 Å². The van der Waals surface area contributed by atoms with Crippen LogP contribution in [0.15, 0.2) is 29.0 Å². The Morgan fingerprint density at radius 2 is 2.13 bits per heavy atom. The molecule has 1 saturated carbocycles. The zero-order chi connectivity index (χ0) is 22.8. The van der Waals surface area contributed by atoms with Gasteiger partial charge in [-0.2, -0.15) is 11.3 Å². The molecule has 0 unspecified atom stereocenters. The fraction of sp³-hybridized carbons (Fsp3) is 0.524. The van der Waals surface area contributed by atoms with Crippen molar-refractivity contribution < 1.29 is 13.2 Å². The summed E-state index contributed by atoms with van der Waals surface area (Å²) in [5, 5.41) is 10.3. The third-order valence-corrected chi connectivity index (χ3v) is 7.62. The van der Waals surface area contributed by atoms with E-state index >= 15 is 0 Å². The Hall–Kier alpha value is -2.17. The number of anilines is 2. The molecule has 0 spiro atoms. The van der Waals surface area contributed by atoms with E-state index in [4.69, 9.17) is 5.73 Å². The molecule has 0 aliphatic heterocycles. The van der Waals surface area contributed by atoms with Crippen LogP contribution < -0.4 is 20.7 Å². The van der Waals surface area contributed by atoms with Crippen LogP contribution in [0.25, 0.3) is 0 Å². The molecule has 170 valence electrons. The zero-order valence-electron chi connectivity index (χ0n) is 18.3. The molecule has 1 fully saturated rings. The minimum atomic E-state index is -3.52. The van der Waals surface area contributed by atoms with E-state index in [0.717, 1.165) is 29.1 Å². The first-order valence-electron chi connectivity index (χ1n) is 10.3. The number of thiophene rings is 1. The van der Waals surface area contributed by atoms with Crippen molar-refractivity contribution >= 4 is 38.9 Å². The maximum atomic E-state index is 13.1. The number of sulfonamides is 1. The van der Waals surface area contributed by atoms with Crippen LogP contribution in [0.5, 0.6) is 0 Å². The van der Waals surface area contributed by atoms with Crippen molar-refractivity contribution in [2.24, 2.45) is 17.6 Å². The summed E-state index contributed by atoms with van der Waals surface area (Å²) in [4.78, 5) is 17.5. The van der Waals surface area contributed by atoms with Crippen LogP contribution in [0.2, 0.25) is 0 Å². The average molecular weight is 466 g/mol. The van der Waals surface area contributed by atoms with Crippen molar-refractivity contribution in [3.8, 4) is 0 Å². The van der Waals surface area contributed by atoms with Gasteiger partial charge in [0.2, 0.25) is 10.0 Å². The van der Waals surface area contributed by atoms with Crippen LogP contribution >= 0.6 is 11.3 Å². The molecule has 3 rings (SSSR count). The first-order chi connectivity index (χ1) is 14.5. The summed E-state index contributed by atoms with van der Waals surface area (Å²) in [5.74, 6) is 1.60. The Morgan fingerprint density at radius 3 is 2.68 bits per heavy atom. The Morgan fingerprint density at radius 1 is 1.42 bits per heavy atom. The Labute approximate surface area is 188 Å². The lowest BCUT2D eigenvalue weighted by Gasteiger charge is -2.23. The molecule has 2 heterocycles. The van der Waals surface area contributed by atoms with Gasteiger partial charge in [-0.15, -0.1) is 0 Å². The molecule has 4 N–H and O–H groups in total. The van der Waals surface area contributed by atoms with Gasteiger partial charge in [0, 0.05) is 31.2 Å². The number of hydrogen-bond donors (Lipinski definition) is 3. The van der Waals surface area contributed by atoms with E-state index in [2.05, 4.69) is 22.5 Å². The third kappa shape index (κ3) is 6.41. The summed E-state index contributed by atoms with van der Waals surface area (Å²) in [6, 6.07) is 4.65. The number of nitrogens with zero attached hydrogens (tertiary/aromatic N) is 2. The van der Waals surface area contributed by atoms with Crippen LogP contribution in [-0.4, -0.2) is 51.2 Å². The number of carbonyl (C=O) groups is 1. The molecule has 31 heavy (non-hydrogen) atoms. The van der Waals surface area contributed by atoms with Crippen molar-refractivity contribution in [3.63, 3.8) is 0 Å². The highest BCUT2D eigenvalue weighted by Crippen LogP contribution is 2.37. The number of nitrogens with one attached hydrogen (secondary N) is 2. The van der Waals surface area contributed by atoms with Gasteiger partial charge < -0.3 is 16.4 Å². The second kappa shape index (κ2) is 9.54. The van der Waals surface area contributed by atoms with Gasteiger partial charge in [-0.1, -0.05) is 6.92 Å². The SMILES string of the molecule is C[C@H](N)[C@H](Cc1ccsc1)NC(=O)c1cc(NC[C@H]2C[C@@H]2C)nc(N(C)S(C)(=O)=O)c1. The number of pyridine rings is 1. The molecule has 4 atom stereocenters. The number of hydrogen-bond acceptors (Lipinski definition) is 7. The number of carbonyl (C=O) groups excluding carboxylic acids is 1. The lowest BCUT2D eigenvalue weighted by atomic mass is 10.0. The number of nitrogens with two attached hydrogens (primary N) is 1. The van der Waals surface area contributed by atoms with Crippen molar-refractivity contribution in [1.29, 1.82) is 0 Å². The van der Waals surface area contributed by atoms with E-state index in [-0.39, 0.29) is 23.8 Å². The predicted octanol–water partition coefficient (Wildman–Crippen LogP) is 2.30. The van der Waals surface area contributed by atoms with E-state index in [1.54, 1.807) is 17.4 Å². The molecule has 0 aromatic carbocycles. The van der Waals surface area contributed by atoms with Crippen LogP contribution in [0.1, 0.15) is 36.2 Å². The highest BCUT2D eigenvalue weighted by Gasteiger charge is 2.32. The summed E-state index contributed by atoms with van der Waals surface area (Å²) >= 11 is 1.60. The van der Waals surface area contributed by atoms with Crippen LogP contribution in [0.3, 0.4) is 0 Å². The lowest BCUT2D eigenvalue weighted by molar-refractivity contribution is 0.0932. The van der Waals surface area contributed by atoms with E-state index in [0.29, 0.717) is 29.6 Å². The largest absolute Gasteiger partial charge is 0.370 e. The number of aromatic nitrogens is 1. The molecule has 0 radical (unpaired) electrons. The van der Waals surface area contributed by atoms with Crippen LogP contribution in [-0.2, 0) is 16.4 Å². The topological polar surface area (TPSA) is 117 Å². The van der Waals surface area contributed by atoms with Gasteiger partial charge in [0.25, 0.3) is 5.91 Å². The Bertz CT molecular complexity index is 1010. The van der Waals surface area contributed by atoms with Gasteiger partial charge in [0.05, 0.1) is 6.26 Å². The van der Waals surface area contributed by atoms with Gasteiger partial charge in [-0.3, -0.25) is 9.10 Å². The summed E-state index contributed by atoms with van der Waals surface area (Å²) in [5.41, 5.74) is 7.57. The highest BCUT2D eigenvalue weighted by atomic mass is 32.2. The quantitative estimate of drug-likeness (QED) is 0.496. The summed E-state index contributed by atoms with van der Waals surface area (Å²) in [6.07, 6.45) is 2.88. The highest BCUT2D eigenvalue weighted by molar-refractivity contribution is 7.92. The summed E-state index contributed by atoms with van der Waals surface area (Å²) in [6.45, 7) is 4.78. The maximum Gasteiger partial charge on any atom is 0.251 e. The van der Waals surface area contributed by atoms with Gasteiger partial charge in [-0.25, -0.2) is 13.4 Å². The van der Waals surface area contributed by atoms with Gasteiger partial charge >= 0.3 is 0 Å². The van der Waals surface area contributed by atoms with Crippen molar-refractivity contribution in [1.82, 2.24) is 10.3 Å². The predicted molar refractivity (Wildman–Crippen MR) is 126 cm³/mol. The first-order valence-corrected chi connectivity index (χ1v) is 13.1. The fourth-order valence-corrected chi connectivity index (χ4v) is 4.39. The molecule has 1 amide bonds. The van der Waals surface area contributed by atoms with E-state index in [1.165, 1.54) is 13.1 Å². The van der Waals surface area contributed by atoms with Crippen LogP contribution in [0.4, 0.5) is 11.6 Å². The lowest BCUT2D eigenvalue weighted by Crippen LogP contribution is -2.47. The molecule has 1 aliphatic rings. The Kier molecular flexibility index (Phi) is 7.23. The monoisotopic (exact) mass is 465 g/mol. The molecule has 2 aromatic rings.